The molecule has 8 heavy (non-hydrogen) atoms. The van der Waals surface area contributed by atoms with Crippen molar-refractivity contribution in [2.24, 2.45) is 5.92 Å². The maximum Gasteiger partial charge on any atom is 0.148 e. The third kappa shape index (κ3) is 0.644. The first-order valence-corrected chi connectivity index (χ1v) is 3.27. The topological polar surface area (TPSA) is 17.9 Å². The average molecular weight is 111 g/mol. The summed E-state index contributed by atoms with van der Waals surface area (Å²) < 4.78 is 0. The van der Waals surface area contributed by atoms with Crippen LogP contribution in [0, 0.1) is 12.3 Å². The van der Waals surface area contributed by atoms with E-state index in [1.807, 2.05) is 0 Å². The van der Waals surface area contributed by atoms with Crippen LogP contribution in [0.2, 0.25) is 0 Å². The summed E-state index contributed by atoms with van der Waals surface area (Å²) in [7, 11) is 0. The van der Waals surface area contributed by atoms with Gasteiger partial charge in [-0.3, -0.25) is 0 Å². The highest BCUT2D eigenvalue weighted by Crippen LogP contribution is 2.16. The number of hydrogen-bond acceptors (Lipinski definition) is 2. The first-order valence-electron chi connectivity index (χ1n) is 3.27. The number of hydrazine groups is 1. The summed E-state index contributed by atoms with van der Waals surface area (Å²) in [5, 5.41) is 2.28. The van der Waals surface area contributed by atoms with Crippen molar-refractivity contribution in [3.05, 3.63) is 6.42 Å². The lowest BCUT2D eigenvalue weighted by atomic mass is 9.96. The third-order valence-corrected chi connectivity index (χ3v) is 2.01. The Hall–Kier alpha value is -0.0800. The summed E-state index contributed by atoms with van der Waals surface area (Å²) in [6, 6.07) is 0. The Morgan fingerprint density at radius 1 is 1.62 bits per heavy atom. The minimum absolute atomic E-state index is 0.875. The molecule has 2 heteroatoms. The van der Waals surface area contributed by atoms with Gasteiger partial charge >= 0.3 is 0 Å². The Kier molecular flexibility index (Phi) is 1.02. The van der Waals surface area contributed by atoms with E-state index in [9.17, 15) is 0 Å². The molecule has 1 N–H and O–H groups in total. The van der Waals surface area contributed by atoms with Gasteiger partial charge in [0.15, 0.2) is 0 Å². The SMILES string of the molecule is [CH]1C[N+]2CCC1CN2. The van der Waals surface area contributed by atoms with Gasteiger partial charge in [-0.25, -0.2) is 0 Å². The van der Waals surface area contributed by atoms with Crippen LogP contribution in [0.25, 0.3) is 0 Å². The van der Waals surface area contributed by atoms with Gasteiger partial charge in [0.1, 0.15) is 13.1 Å². The highest BCUT2D eigenvalue weighted by molar-refractivity contribution is 4.92. The van der Waals surface area contributed by atoms with Gasteiger partial charge in [-0.2, -0.15) is 0 Å². The van der Waals surface area contributed by atoms with E-state index >= 15 is 0 Å². The number of hydrogen-bond donors (Lipinski definition) is 1. The van der Waals surface area contributed by atoms with Crippen molar-refractivity contribution in [3.8, 4) is 0 Å². The van der Waals surface area contributed by atoms with E-state index in [2.05, 4.69) is 16.9 Å². The molecule has 2 bridgehead atoms. The Labute approximate surface area is 49.8 Å². The van der Waals surface area contributed by atoms with Gasteiger partial charge in [-0.05, 0) is 5.92 Å². The Morgan fingerprint density at radius 2 is 2.62 bits per heavy atom. The average Bonchev–Trinajstić information content (AvgIpc) is 1.92. The summed E-state index contributed by atoms with van der Waals surface area (Å²) in [6.45, 7) is 3.59. The molecule has 0 aromatic rings. The van der Waals surface area contributed by atoms with Crippen molar-refractivity contribution in [2.75, 3.05) is 19.6 Å². The molecule has 3 aliphatic heterocycles. The van der Waals surface area contributed by atoms with Crippen LogP contribution in [-0.2, 0) is 0 Å². The molecule has 3 saturated heterocycles. The van der Waals surface area contributed by atoms with E-state index in [0.29, 0.717) is 0 Å². The predicted octanol–water partition coefficient (Wildman–Crippen LogP) is -0.131. The second-order valence-electron chi connectivity index (χ2n) is 2.59. The van der Waals surface area contributed by atoms with Gasteiger partial charge in [-0.15, -0.1) is 5.43 Å². The summed E-state index contributed by atoms with van der Waals surface area (Å²) in [5.74, 6) is 0.875. The molecule has 0 aromatic carbocycles. The van der Waals surface area contributed by atoms with Crippen molar-refractivity contribution in [3.63, 3.8) is 0 Å². The van der Waals surface area contributed by atoms with E-state index < -0.39 is 0 Å². The smallest absolute Gasteiger partial charge is 0.118 e. The number of nitrogens with zero attached hydrogens (tertiary/aromatic N) is 1. The number of fused-ring (bicyclic) bond motifs is 3. The molecule has 0 aliphatic carbocycles. The number of nitrogens with one attached hydrogen (secondary N) is 1. The van der Waals surface area contributed by atoms with Crippen molar-refractivity contribution in [1.82, 2.24) is 10.4 Å². The van der Waals surface area contributed by atoms with Crippen molar-refractivity contribution in [1.29, 1.82) is 0 Å². The van der Waals surface area contributed by atoms with Crippen LogP contribution in [0.15, 0.2) is 0 Å². The molecule has 0 amide bonds. The van der Waals surface area contributed by atoms with E-state index in [0.717, 1.165) is 12.5 Å². The highest BCUT2D eigenvalue weighted by atomic mass is 15.5. The molecule has 3 aliphatic rings. The summed E-state index contributed by atoms with van der Waals surface area (Å²) in [4.78, 5) is 0. The normalized spacial score (nSPS) is 45.0. The molecule has 3 rings (SSSR count). The van der Waals surface area contributed by atoms with Crippen molar-refractivity contribution in [2.45, 2.75) is 6.42 Å². The second-order valence-corrected chi connectivity index (χ2v) is 2.59. The quantitative estimate of drug-likeness (QED) is 0.431. The molecule has 2 unspecified atom stereocenters. The van der Waals surface area contributed by atoms with E-state index in [1.165, 1.54) is 19.5 Å². The standard InChI is InChI=1S/C6H11N2/c1-3-8-4-2-6(1)5-7-8/h1,6-7H,2-5H2/q+1. The predicted molar refractivity (Wildman–Crippen MR) is 32.3 cm³/mol. The number of piperidine rings is 1. The molecule has 3 fully saturated rings. The van der Waals surface area contributed by atoms with Gasteiger partial charge in [-0.1, -0.05) is 5.01 Å². The van der Waals surface area contributed by atoms with Gasteiger partial charge in [0.25, 0.3) is 0 Å². The fourth-order valence-electron chi connectivity index (χ4n) is 1.38. The van der Waals surface area contributed by atoms with Crippen LogP contribution in [-0.4, -0.2) is 19.6 Å². The van der Waals surface area contributed by atoms with Crippen molar-refractivity contribution >= 4 is 0 Å². The number of rotatable bonds is 0. The first-order chi connectivity index (χ1) is 3.95. The molecule has 44 valence electrons. The molecule has 0 spiro atoms. The maximum atomic E-state index is 3.32. The zero-order valence-electron chi connectivity index (χ0n) is 4.93. The lowest BCUT2D eigenvalue weighted by Crippen LogP contribution is -2.57. The Balaban J connectivity index is 2.03. The maximum absolute atomic E-state index is 3.32. The molecule has 0 aromatic heterocycles. The highest BCUT2D eigenvalue weighted by Gasteiger charge is 2.32. The molecule has 2 atom stereocenters. The molecular formula is C6H11N2+. The summed E-state index contributed by atoms with van der Waals surface area (Å²) in [5.41, 5.74) is 3.32. The third-order valence-electron chi connectivity index (χ3n) is 2.01. The first kappa shape index (κ1) is 4.77. The second kappa shape index (κ2) is 1.71. The van der Waals surface area contributed by atoms with E-state index in [1.54, 1.807) is 0 Å². The summed E-state index contributed by atoms with van der Waals surface area (Å²) in [6.07, 6.45) is 3.77. The van der Waals surface area contributed by atoms with Crippen LogP contribution < -0.4 is 10.4 Å². The molecule has 2 nitrogen and oxygen atoms in total. The Morgan fingerprint density at radius 3 is 2.75 bits per heavy atom. The van der Waals surface area contributed by atoms with Crippen LogP contribution >= 0.6 is 0 Å². The van der Waals surface area contributed by atoms with Crippen molar-refractivity contribution < 1.29 is 0 Å². The lowest BCUT2D eigenvalue weighted by molar-refractivity contribution is 0.188. The largest absolute Gasteiger partial charge is 0.148 e. The van der Waals surface area contributed by atoms with Crippen LogP contribution in [0.4, 0.5) is 0 Å². The van der Waals surface area contributed by atoms with Gasteiger partial charge in [0.05, 0.1) is 6.54 Å². The monoisotopic (exact) mass is 111 g/mol. The van der Waals surface area contributed by atoms with Gasteiger partial charge in [0, 0.05) is 12.8 Å². The summed E-state index contributed by atoms with van der Waals surface area (Å²) >= 11 is 0. The van der Waals surface area contributed by atoms with Crippen LogP contribution in [0.3, 0.4) is 0 Å². The van der Waals surface area contributed by atoms with E-state index in [4.69, 9.17) is 0 Å². The zero-order chi connectivity index (χ0) is 5.40. The fourth-order valence-corrected chi connectivity index (χ4v) is 1.38. The van der Waals surface area contributed by atoms with Gasteiger partial charge in [0.2, 0.25) is 0 Å². The molecule has 0 saturated carbocycles. The lowest BCUT2D eigenvalue weighted by Gasteiger charge is -2.29. The van der Waals surface area contributed by atoms with Crippen LogP contribution in [0.5, 0.6) is 0 Å². The minimum Gasteiger partial charge on any atom is -0.118 e. The van der Waals surface area contributed by atoms with Gasteiger partial charge < -0.3 is 0 Å². The molecular weight excluding hydrogens is 100 g/mol. The van der Waals surface area contributed by atoms with E-state index in [-0.39, 0.29) is 0 Å². The minimum atomic E-state index is 0.875. The molecule has 3 heterocycles. The zero-order valence-corrected chi connectivity index (χ0v) is 4.93. The Bertz CT molecular complexity index is 61.5. The van der Waals surface area contributed by atoms with Crippen LogP contribution in [0.1, 0.15) is 6.42 Å². The fraction of sp³-hybridized carbons (Fsp3) is 0.833. The molecule has 2 radical (unpaired) electrons.